The van der Waals surface area contributed by atoms with E-state index in [0.29, 0.717) is 0 Å². The van der Waals surface area contributed by atoms with Crippen LogP contribution in [0.2, 0.25) is 0 Å². The molecule has 2 rings (SSSR count). The Bertz CT molecular complexity index is 612. The second-order valence-corrected chi connectivity index (χ2v) is 5.65. The number of benzene rings is 2. The van der Waals surface area contributed by atoms with Gasteiger partial charge in [-0.2, -0.15) is 0 Å². The Labute approximate surface area is 136 Å². The maximum absolute atomic E-state index is 12.5. The van der Waals surface area contributed by atoms with Gasteiger partial charge in [0.2, 0.25) is 0 Å². The van der Waals surface area contributed by atoms with Crippen molar-refractivity contribution in [3.8, 4) is 0 Å². The number of hydrogen-bond acceptors (Lipinski definition) is 1. The van der Waals surface area contributed by atoms with Crippen LogP contribution in [-0.4, -0.2) is 5.78 Å². The minimum atomic E-state index is 0.0672. The molecule has 0 atom stereocenters. The monoisotopic (exact) mass is 346 g/mol. The molecule has 112 valence electrons. The topological polar surface area (TPSA) is 17.1 Å². The highest BCUT2D eigenvalue weighted by atomic mass is 79.9. The molecule has 0 aliphatic heterocycles. The van der Waals surface area contributed by atoms with Crippen LogP contribution in [0.3, 0.4) is 0 Å². The van der Waals surface area contributed by atoms with Crippen LogP contribution in [0, 0.1) is 13.8 Å². The van der Waals surface area contributed by atoms with Crippen molar-refractivity contribution >= 4 is 21.7 Å². The van der Waals surface area contributed by atoms with Crippen molar-refractivity contribution in [3.05, 3.63) is 68.7 Å². The Morgan fingerprint density at radius 1 is 1.00 bits per heavy atom. The molecule has 0 unspecified atom stereocenters. The molecule has 0 saturated carbocycles. The average Bonchev–Trinajstić information content (AvgIpc) is 2.52. The molecule has 0 radical (unpaired) electrons. The largest absolute Gasteiger partial charge is 0.289 e. The van der Waals surface area contributed by atoms with Gasteiger partial charge in [-0.3, -0.25) is 4.79 Å². The van der Waals surface area contributed by atoms with Crippen molar-refractivity contribution in [2.75, 3.05) is 0 Å². The molecule has 0 aliphatic carbocycles. The van der Waals surface area contributed by atoms with Crippen LogP contribution in [0.25, 0.3) is 0 Å². The molecule has 0 aliphatic rings. The number of hydrogen-bond donors (Lipinski definition) is 0. The Hall–Kier alpha value is -1.41. The number of carbonyl (C=O) groups excluding carboxylic acids is 1. The van der Waals surface area contributed by atoms with Crippen molar-refractivity contribution in [2.24, 2.45) is 0 Å². The van der Waals surface area contributed by atoms with E-state index in [1.807, 2.05) is 64.1 Å². The highest BCUT2D eigenvalue weighted by Crippen LogP contribution is 2.24. The van der Waals surface area contributed by atoms with Gasteiger partial charge in [0.25, 0.3) is 0 Å². The second kappa shape index (κ2) is 8.14. The molecule has 0 fully saturated rings. The Morgan fingerprint density at radius 2 is 1.52 bits per heavy atom. The number of aryl methyl sites for hydroxylation is 3. The Balaban J connectivity index is 0.00000106. The van der Waals surface area contributed by atoms with Crippen LogP contribution in [-0.2, 0) is 6.42 Å². The van der Waals surface area contributed by atoms with Crippen molar-refractivity contribution in [1.82, 2.24) is 0 Å². The van der Waals surface area contributed by atoms with Gasteiger partial charge in [0.1, 0.15) is 0 Å². The summed E-state index contributed by atoms with van der Waals surface area (Å²) in [5, 5.41) is 0. The summed E-state index contributed by atoms with van der Waals surface area (Å²) in [4.78, 5) is 12.5. The average molecular weight is 347 g/mol. The molecule has 0 saturated heterocycles. The fourth-order valence-electron chi connectivity index (χ4n) is 2.00. The van der Waals surface area contributed by atoms with Crippen LogP contribution in [0.1, 0.15) is 53.4 Å². The standard InChI is InChI=1S/C17H17BrO.C2H6/c1-4-13-5-7-14(8-6-13)17(19)15-9-11(2)12(3)10-16(15)18;1-2/h5-10H,4H2,1-3H3;1-2H3. The molecule has 2 aromatic carbocycles. The first-order chi connectivity index (χ1) is 10.0. The molecule has 0 N–H and O–H groups in total. The summed E-state index contributed by atoms with van der Waals surface area (Å²) in [5.74, 6) is 0.0672. The van der Waals surface area contributed by atoms with Gasteiger partial charge in [-0.1, -0.05) is 61.0 Å². The molecular weight excluding hydrogens is 324 g/mol. The third-order valence-electron chi connectivity index (χ3n) is 3.45. The summed E-state index contributed by atoms with van der Waals surface area (Å²) in [7, 11) is 0. The van der Waals surface area contributed by atoms with Gasteiger partial charge in [0.05, 0.1) is 0 Å². The van der Waals surface area contributed by atoms with E-state index >= 15 is 0 Å². The molecule has 2 aromatic rings. The van der Waals surface area contributed by atoms with E-state index in [2.05, 4.69) is 22.9 Å². The number of rotatable bonds is 3. The fourth-order valence-corrected chi connectivity index (χ4v) is 2.64. The van der Waals surface area contributed by atoms with E-state index in [0.717, 1.165) is 27.6 Å². The molecular formula is C19H23BrO. The molecule has 21 heavy (non-hydrogen) atoms. The van der Waals surface area contributed by atoms with Gasteiger partial charge >= 0.3 is 0 Å². The van der Waals surface area contributed by atoms with Crippen LogP contribution in [0.4, 0.5) is 0 Å². The summed E-state index contributed by atoms with van der Waals surface area (Å²) >= 11 is 3.49. The van der Waals surface area contributed by atoms with Gasteiger partial charge in [0, 0.05) is 15.6 Å². The molecule has 0 heterocycles. The maximum atomic E-state index is 12.5. The second-order valence-electron chi connectivity index (χ2n) is 4.80. The van der Waals surface area contributed by atoms with Gasteiger partial charge in [0.15, 0.2) is 5.78 Å². The van der Waals surface area contributed by atoms with Gasteiger partial charge in [-0.15, -0.1) is 0 Å². The molecule has 1 nitrogen and oxygen atoms in total. The van der Waals surface area contributed by atoms with Crippen LogP contribution < -0.4 is 0 Å². The maximum Gasteiger partial charge on any atom is 0.194 e. The zero-order valence-electron chi connectivity index (χ0n) is 13.5. The molecule has 0 amide bonds. The Morgan fingerprint density at radius 3 is 2.05 bits per heavy atom. The van der Waals surface area contributed by atoms with Crippen molar-refractivity contribution in [2.45, 2.75) is 41.0 Å². The van der Waals surface area contributed by atoms with E-state index < -0.39 is 0 Å². The van der Waals surface area contributed by atoms with Crippen LogP contribution in [0.5, 0.6) is 0 Å². The first-order valence-electron chi connectivity index (χ1n) is 7.43. The van der Waals surface area contributed by atoms with Crippen molar-refractivity contribution < 1.29 is 4.79 Å². The predicted molar refractivity (Wildman–Crippen MR) is 94.2 cm³/mol. The quantitative estimate of drug-likeness (QED) is 0.633. The summed E-state index contributed by atoms with van der Waals surface area (Å²) < 4.78 is 0.861. The summed E-state index contributed by atoms with van der Waals surface area (Å²) in [5.41, 5.74) is 5.03. The molecule has 0 aromatic heterocycles. The van der Waals surface area contributed by atoms with E-state index in [4.69, 9.17) is 0 Å². The lowest BCUT2D eigenvalue weighted by Gasteiger charge is -2.08. The lowest BCUT2D eigenvalue weighted by Crippen LogP contribution is -2.03. The first kappa shape index (κ1) is 17.6. The molecule has 2 heteroatoms. The first-order valence-corrected chi connectivity index (χ1v) is 8.22. The van der Waals surface area contributed by atoms with Crippen molar-refractivity contribution in [3.63, 3.8) is 0 Å². The fraction of sp³-hybridized carbons (Fsp3) is 0.316. The SMILES string of the molecule is CC.CCc1ccc(C(=O)c2cc(C)c(C)cc2Br)cc1. The van der Waals surface area contributed by atoms with Gasteiger partial charge in [-0.05, 0) is 49.1 Å². The summed E-state index contributed by atoms with van der Waals surface area (Å²) in [6, 6.07) is 11.8. The summed E-state index contributed by atoms with van der Waals surface area (Å²) in [6.07, 6.45) is 0.988. The normalized spacial score (nSPS) is 9.81. The van der Waals surface area contributed by atoms with Crippen LogP contribution >= 0.6 is 15.9 Å². The lowest BCUT2D eigenvalue weighted by atomic mass is 9.98. The zero-order chi connectivity index (χ0) is 16.0. The minimum absolute atomic E-state index is 0.0672. The minimum Gasteiger partial charge on any atom is -0.289 e. The highest BCUT2D eigenvalue weighted by molar-refractivity contribution is 9.10. The third kappa shape index (κ3) is 4.28. The number of halogens is 1. The van der Waals surface area contributed by atoms with E-state index in [1.54, 1.807) is 0 Å². The molecule has 0 spiro atoms. The van der Waals surface area contributed by atoms with E-state index in [-0.39, 0.29) is 5.78 Å². The number of carbonyl (C=O) groups is 1. The Kier molecular flexibility index (Phi) is 6.83. The third-order valence-corrected chi connectivity index (χ3v) is 4.11. The van der Waals surface area contributed by atoms with Gasteiger partial charge < -0.3 is 0 Å². The predicted octanol–water partition coefficient (Wildman–Crippen LogP) is 5.89. The lowest BCUT2D eigenvalue weighted by molar-refractivity contribution is 0.103. The van der Waals surface area contributed by atoms with E-state index in [9.17, 15) is 4.79 Å². The number of ketones is 1. The highest BCUT2D eigenvalue weighted by Gasteiger charge is 2.13. The van der Waals surface area contributed by atoms with Crippen molar-refractivity contribution in [1.29, 1.82) is 0 Å². The zero-order valence-corrected chi connectivity index (χ0v) is 15.0. The summed E-state index contributed by atoms with van der Waals surface area (Å²) in [6.45, 7) is 10.2. The molecule has 0 bridgehead atoms. The van der Waals surface area contributed by atoms with Crippen LogP contribution in [0.15, 0.2) is 40.9 Å². The van der Waals surface area contributed by atoms with E-state index in [1.165, 1.54) is 11.1 Å². The van der Waals surface area contributed by atoms with Gasteiger partial charge in [-0.25, -0.2) is 0 Å². The smallest absolute Gasteiger partial charge is 0.194 e.